The monoisotopic (exact) mass is 254 g/mol. The molecule has 6 heteroatoms. The molecule has 1 atom stereocenters. The number of likely N-dealkylation sites (tertiary alicyclic amines) is 1. The number of carbonyl (C=O) groups is 2. The molecule has 1 aromatic heterocycles. The van der Waals surface area contributed by atoms with Crippen molar-refractivity contribution in [3.63, 3.8) is 0 Å². The van der Waals surface area contributed by atoms with Crippen LogP contribution < -0.4 is 0 Å². The summed E-state index contributed by atoms with van der Waals surface area (Å²) >= 11 is 1.38. The van der Waals surface area contributed by atoms with Crippen LogP contribution in [0.1, 0.15) is 28.8 Å². The van der Waals surface area contributed by atoms with Crippen LogP contribution in [-0.2, 0) is 11.2 Å². The molecule has 0 radical (unpaired) electrons. The lowest BCUT2D eigenvalue weighted by atomic mass is 10.1. The Morgan fingerprint density at radius 3 is 2.94 bits per heavy atom. The fourth-order valence-corrected chi connectivity index (χ4v) is 2.92. The number of carboxylic acids is 1. The van der Waals surface area contributed by atoms with Gasteiger partial charge in [-0.2, -0.15) is 0 Å². The molecule has 1 N–H and O–H groups in total. The summed E-state index contributed by atoms with van der Waals surface area (Å²) in [6.07, 6.45) is 1.74. The summed E-state index contributed by atoms with van der Waals surface area (Å²) in [4.78, 5) is 27.7. The van der Waals surface area contributed by atoms with Crippen molar-refractivity contribution in [3.8, 4) is 0 Å². The highest BCUT2D eigenvalue weighted by Gasteiger charge is 2.25. The smallest absolute Gasteiger partial charge is 0.355 e. The third-order valence-corrected chi connectivity index (χ3v) is 3.84. The van der Waals surface area contributed by atoms with Gasteiger partial charge in [0.05, 0.1) is 5.01 Å². The first kappa shape index (κ1) is 12.0. The molecule has 1 saturated heterocycles. The average Bonchev–Trinajstić information content (AvgIpc) is 2.87. The van der Waals surface area contributed by atoms with Crippen molar-refractivity contribution >= 4 is 23.2 Å². The maximum atomic E-state index is 11.2. The van der Waals surface area contributed by atoms with Gasteiger partial charge in [0.1, 0.15) is 0 Å². The van der Waals surface area contributed by atoms with Crippen LogP contribution in [0.4, 0.5) is 0 Å². The Kier molecular flexibility index (Phi) is 3.42. The van der Waals surface area contributed by atoms with Crippen LogP contribution in [0.15, 0.2) is 5.38 Å². The molecule has 0 saturated carbocycles. The van der Waals surface area contributed by atoms with Gasteiger partial charge in [-0.05, 0) is 12.3 Å². The molecule has 5 nitrogen and oxygen atoms in total. The Morgan fingerprint density at radius 2 is 2.41 bits per heavy atom. The molecule has 0 bridgehead atoms. The van der Waals surface area contributed by atoms with Crippen molar-refractivity contribution < 1.29 is 14.7 Å². The predicted octanol–water partition coefficient (Wildman–Crippen LogP) is 1.25. The highest BCUT2D eigenvalue weighted by Crippen LogP contribution is 2.22. The van der Waals surface area contributed by atoms with E-state index >= 15 is 0 Å². The third-order valence-electron chi connectivity index (χ3n) is 2.97. The van der Waals surface area contributed by atoms with Gasteiger partial charge < -0.3 is 10.0 Å². The molecular formula is C11H14N2O3S. The van der Waals surface area contributed by atoms with Crippen LogP contribution >= 0.6 is 11.3 Å². The average molecular weight is 254 g/mol. The molecule has 0 aliphatic carbocycles. The summed E-state index contributed by atoms with van der Waals surface area (Å²) in [6.45, 7) is 3.14. The second-order valence-electron chi connectivity index (χ2n) is 4.26. The first-order valence-corrected chi connectivity index (χ1v) is 6.37. The molecule has 17 heavy (non-hydrogen) atoms. The van der Waals surface area contributed by atoms with Crippen molar-refractivity contribution in [2.45, 2.75) is 19.8 Å². The van der Waals surface area contributed by atoms with Crippen molar-refractivity contribution in [1.82, 2.24) is 9.88 Å². The number of carbonyl (C=O) groups excluding carboxylic acids is 1. The van der Waals surface area contributed by atoms with Gasteiger partial charge in [-0.25, -0.2) is 9.78 Å². The van der Waals surface area contributed by atoms with E-state index in [0.717, 1.165) is 30.9 Å². The first-order chi connectivity index (χ1) is 8.06. The molecule has 0 spiro atoms. The van der Waals surface area contributed by atoms with E-state index in [1.54, 1.807) is 12.3 Å². The summed E-state index contributed by atoms with van der Waals surface area (Å²) < 4.78 is 0. The molecule has 1 fully saturated rings. The molecule has 2 heterocycles. The van der Waals surface area contributed by atoms with Crippen LogP contribution in [0, 0.1) is 5.92 Å². The molecule has 92 valence electrons. The Hall–Kier alpha value is -1.43. The highest BCUT2D eigenvalue weighted by atomic mass is 32.1. The zero-order valence-corrected chi connectivity index (χ0v) is 10.4. The molecule has 1 aromatic rings. The summed E-state index contributed by atoms with van der Waals surface area (Å²) in [5.41, 5.74) is 0.117. The largest absolute Gasteiger partial charge is 0.476 e. The van der Waals surface area contributed by atoms with Gasteiger partial charge >= 0.3 is 5.97 Å². The number of carboxylic acid groups (broad SMARTS) is 1. The minimum atomic E-state index is -0.982. The first-order valence-electron chi connectivity index (χ1n) is 5.49. The van der Waals surface area contributed by atoms with E-state index in [1.807, 2.05) is 4.90 Å². The Balaban J connectivity index is 1.93. The zero-order valence-electron chi connectivity index (χ0n) is 9.55. The summed E-state index contributed by atoms with van der Waals surface area (Å²) in [5.74, 6) is -0.464. The van der Waals surface area contributed by atoms with Crippen LogP contribution in [0.2, 0.25) is 0 Å². The number of hydrogen-bond donors (Lipinski definition) is 1. The minimum absolute atomic E-state index is 0.109. The number of nitrogens with zero attached hydrogens (tertiary/aromatic N) is 2. The van der Waals surface area contributed by atoms with E-state index in [-0.39, 0.29) is 11.6 Å². The maximum absolute atomic E-state index is 11.2. The van der Waals surface area contributed by atoms with Crippen LogP contribution in [0.5, 0.6) is 0 Å². The van der Waals surface area contributed by atoms with Gasteiger partial charge in [0.25, 0.3) is 0 Å². The standard InChI is InChI=1S/C11H14N2O3S/c1-7(14)13-3-2-8(5-13)4-10-12-9(6-17-10)11(15)16/h6,8H,2-5H2,1H3,(H,15,16). The Labute approximate surface area is 103 Å². The SMILES string of the molecule is CC(=O)N1CCC(Cc2nc(C(=O)O)cs2)C1. The van der Waals surface area contributed by atoms with E-state index < -0.39 is 5.97 Å². The van der Waals surface area contributed by atoms with Gasteiger partial charge in [-0.3, -0.25) is 4.79 Å². The van der Waals surface area contributed by atoms with Gasteiger partial charge in [0.2, 0.25) is 5.91 Å². The third kappa shape index (κ3) is 2.82. The van der Waals surface area contributed by atoms with Crippen LogP contribution in [0.25, 0.3) is 0 Å². The van der Waals surface area contributed by atoms with Gasteiger partial charge in [-0.1, -0.05) is 0 Å². The Bertz CT molecular complexity index is 444. The predicted molar refractivity (Wildman–Crippen MR) is 63.1 cm³/mol. The molecule has 1 aliphatic heterocycles. The van der Waals surface area contributed by atoms with Gasteiger partial charge in [0.15, 0.2) is 5.69 Å². The van der Waals surface area contributed by atoms with E-state index in [2.05, 4.69) is 4.98 Å². The van der Waals surface area contributed by atoms with E-state index in [4.69, 9.17) is 5.11 Å². The van der Waals surface area contributed by atoms with Crippen molar-refractivity contribution in [1.29, 1.82) is 0 Å². The summed E-state index contributed by atoms with van der Waals surface area (Å²) in [7, 11) is 0. The van der Waals surface area contributed by atoms with Gasteiger partial charge in [0, 0.05) is 31.8 Å². The molecule has 0 aromatic carbocycles. The normalized spacial score (nSPS) is 19.6. The molecule has 1 aliphatic rings. The number of rotatable bonds is 3. The molecule has 1 unspecified atom stereocenters. The second-order valence-corrected chi connectivity index (χ2v) is 5.20. The maximum Gasteiger partial charge on any atom is 0.355 e. The summed E-state index contributed by atoms with van der Waals surface area (Å²) in [5, 5.41) is 11.2. The number of amides is 1. The molecule has 2 rings (SSSR count). The number of aromatic nitrogens is 1. The minimum Gasteiger partial charge on any atom is -0.476 e. The lowest BCUT2D eigenvalue weighted by molar-refractivity contribution is -0.127. The number of thiazole rings is 1. The highest BCUT2D eigenvalue weighted by molar-refractivity contribution is 7.09. The number of aromatic carboxylic acids is 1. The number of hydrogen-bond acceptors (Lipinski definition) is 4. The van der Waals surface area contributed by atoms with Crippen molar-refractivity contribution in [2.75, 3.05) is 13.1 Å². The van der Waals surface area contributed by atoms with E-state index in [1.165, 1.54) is 11.3 Å². The lowest BCUT2D eigenvalue weighted by Crippen LogP contribution is -2.26. The van der Waals surface area contributed by atoms with Gasteiger partial charge in [-0.15, -0.1) is 11.3 Å². The van der Waals surface area contributed by atoms with Crippen molar-refractivity contribution in [3.05, 3.63) is 16.1 Å². The van der Waals surface area contributed by atoms with E-state index in [9.17, 15) is 9.59 Å². The topological polar surface area (TPSA) is 70.5 Å². The summed E-state index contributed by atoms with van der Waals surface area (Å²) in [6, 6.07) is 0. The molecule has 1 amide bonds. The Morgan fingerprint density at radius 1 is 1.65 bits per heavy atom. The zero-order chi connectivity index (χ0) is 12.4. The second kappa shape index (κ2) is 4.83. The fraction of sp³-hybridized carbons (Fsp3) is 0.545. The fourth-order valence-electron chi connectivity index (χ4n) is 2.04. The quantitative estimate of drug-likeness (QED) is 0.881. The molecular weight excluding hydrogens is 240 g/mol. The van der Waals surface area contributed by atoms with Crippen molar-refractivity contribution in [2.24, 2.45) is 5.92 Å². The van der Waals surface area contributed by atoms with Crippen LogP contribution in [0.3, 0.4) is 0 Å². The lowest BCUT2D eigenvalue weighted by Gasteiger charge is -2.12. The van der Waals surface area contributed by atoms with Crippen LogP contribution in [-0.4, -0.2) is 40.0 Å². The van der Waals surface area contributed by atoms with E-state index in [0.29, 0.717) is 5.92 Å².